The first-order valence-corrected chi connectivity index (χ1v) is 13.9. The van der Waals surface area contributed by atoms with Crippen molar-refractivity contribution in [3.63, 3.8) is 0 Å². The van der Waals surface area contributed by atoms with Crippen molar-refractivity contribution < 1.29 is 55.2 Å². The van der Waals surface area contributed by atoms with E-state index < -0.39 is 41.0 Å². The summed E-state index contributed by atoms with van der Waals surface area (Å²) in [5, 5.41) is 12.7. The highest BCUT2D eigenvalue weighted by Crippen LogP contribution is 2.51. The molecule has 2 aliphatic rings. The quantitative estimate of drug-likeness (QED) is 0.179. The Labute approximate surface area is 249 Å². The fourth-order valence-corrected chi connectivity index (χ4v) is 5.19. The summed E-state index contributed by atoms with van der Waals surface area (Å²) < 4.78 is 98.1. The lowest BCUT2D eigenvalue weighted by molar-refractivity contribution is -0.376. The van der Waals surface area contributed by atoms with E-state index in [0.717, 1.165) is 4.90 Å². The molecule has 2 heterocycles. The van der Waals surface area contributed by atoms with Gasteiger partial charge in [-0.05, 0) is 66.8 Å². The van der Waals surface area contributed by atoms with Gasteiger partial charge in [0.1, 0.15) is 17.9 Å². The Morgan fingerprint density at radius 3 is 2.11 bits per heavy atom. The van der Waals surface area contributed by atoms with Crippen LogP contribution in [0.15, 0.2) is 42.5 Å². The molecule has 14 heteroatoms. The summed E-state index contributed by atoms with van der Waals surface area (Å²) in [6, 6.07) is 5.65. The number of hydrogen-bond donors (Lipinski definition) is 2. The lowest BCUT2D eigenvalue weighted by Crippen LogP contribution is -2.54. The number of aliphatic hydroxyl groups is 1. The minimum Gasteiger partial charge on any atom is -0.489 e. The maximum Gasteiger partial charge on any atom is 0.430 e. The lowest BCUT2D eigenvalue weighted by atomic mass is 9.87. The van der Waals surface area contributed by atoms with Gasteiger partial charge in [0.15, 0.2) is 11.5 Å². The van der Waals surface area contributed by atoms with Crippen molar-refractivity contribution in [1.82, 2.24) is 10.2 Å². The minimum atomic E-state index is -6.01. The molecule has 0 spiro atoms. The molecule has 2 N–H and O–H groups in total. The molecule has 0 aromatic heterocycles. The average molecular weight is 631 g/mol. The first-order valence-electron chi connectivity index (χ1n) is 13.9. The number of benzene rings is 2. The van der Waals surface area contributed by atoms with Crippen molar-refractivity contribution in [3.8, 4) is 17.2 Å². The molecular formula is C30H32F6N2O6. The van der Waals surface area contributed by atoms with Crippen LogP contribution in [-0.2, 0) is 28.8 Å². The summed E-state index contributed by atoms with van der Waals surface area (Å²) in [4.78, 5) is 26.9. The number of imide groups is 1. The Balaban J connectivity index is 1.51. The number of amides is 3. The molecule has 2 aliphatic heterocycles. The van der Waals surface area contributed by atoms with Gasteiger partial charge in [0.2, 0.25) is 6.79 Å². The molecule has 2 aromatic carbocycles. The number of nitrogens with one attached hydrogen (secondary N) is 1. The van der Waals surface area contributed by atoms with Gasteiger partial charge in [-0.1, -0.05) is 38.8 Å². The number of aryl methyl sites for hydroxylation is 2. The average Bonchev–Trinajstić information content (AvgIpc) is 3.50. The van der Waals surface area contributed by atoms with E-state index in [1.165, 1.54) is 12.2 Å². The summed E-state index contributed by atoms with van der Waals surface area (Å²) in [7, 11) is 0. The third kappa shape index (κ3) is 5.91. The van der Waals surface area contributed by atoms with E-state index in [0.29, 0.717) is 42.0 Å². The van der Waals surface area contributed by atoms with Gasteiger partial charge in [0.25, 0.3) is 11.5 Å². The molecular weight excluding hydrogens is 598 g/mol. The second-order valence-corrected chi connectivity index (χ2v) is 10.7. The second kappa shape index (κ2) is 12.2. The molecule has 1 atom stereocenters. The number of hydrogen-bond acceptors (Lipinski definition) is 6. The Morgan fingerprint density at radius 2 is 1.55 bits per heavy atom. The molecule has 4 rings (SSSR count). The number of carbonyl (C=O) groups is 2. The fourth-order valence-electron chi connectivity index (χ4n) is 5.19. The van der Waals surface area contributed by atoms with Crippen LogP contribution in [0.25, 0.3) is 0 Å². The van der Waals surface area contributed by atoms with Gasteiger partial charge in [-0.2, -0.15) is 26.3 Å². The van der Waals surface area contributed by atoms with Crippen molar-refractivity contribution in [3.05, 3.63) is 64.7 Å². The SMILES string of the molecule is CCCc1cc(C(O)(C(F)(F)F)C(F)(F)F)cc(CCC)c1OCC=CCN1C(=O)NC(C)(c2ccc3c(c2)OCO3)C1=O. The summed E-state index contributed by atoms with van der Waals surface area (Å²) in [6.07, 6.45) is -8.10. The predicted molar refractivity (Wildman–Crippen MR) is 145 cm³/mol. The van der Waals surface area contributed by atoms with Crippen LogP contribution in [0, 0.1) is 0 Å². The van der Waals surface area contributed by atoms with E-state index in [4.69, 9.17) is 14.2 Å². The van der Waals surface area contributed by atoms with Gasteiger partial charge in [-0.15, -0.1) is 0 Å². The fraction of sp³-hybridized carbons (Fsp3) is 0.467. The maximum atomic E-state index is 13.6. The first-order chi connectivity index (χ1) is 20.6. The van der Waals surface area contributed by atoms with Gasteiger partial charge in [-0.3, -0.25) is 9.69 Å². The second-order valence-electron chi connectivity index (χ2n) is 10.7. The number of halogens is 6. The Hall–Kier alpha value is -3.94. The van der Waals surface area contributed by atoms with Crippen LogP contribution >= 0.6 is 0 Å². The number of rotatable bonds is 11. The number of ether oxygens (including phenoxy) is 3. The number of urea groups is 1. The van der Waals surface area contributed by atoms with Crippen molar-refractivity contribution in [2.45, 2.75) is 69.9 Å². The molecule has 0 saturated carbocycles. The summed E-state index contributed by atoms with van der Waals surface area (Å²) >= 11 is 0. The molecule has 44 heavy (non-hydrogen) atoms. The summed E-state index contributed by atoms with van der Waals surface area (Å²) in [5.74, 6) is 0.573. The molecule has 0 aliphatic carbocycles. The zero-order valence-electron chi connectivity index (χ0n) is 24.2. The van der Waals surface area contributed by atoms with Gasteiger partial charge < -0.3 is 24.6 Å². The number of alkyl halides is 6. The van der Waals surface area contributed by atoms with Crippen LogP contribution in [0.2, 0.25) is 0 Å². The predicted octanol–water partition coefficient (Wildman–Crippen LogP) is 6.03. The molecule has 1 saturated heterocycles. The third-order valence-electron chi connectivity index (χ3n) is 7.52. The monoisotopic (exact) mass is 630 g/mol. The van der Waals surface area contributed by atoms with Crippen molar-refractivity contribution in [2.24, 2.45) is 0 Å². The molecule has 2 aromatic rings. The van der Waals surface area contributed by atoms with Crippen LogP contribution in [0.5, 0.6) is 17.2 Å². The van der Waals surface area contributed by atoms with E-state index in [1.54, 1.807) is 39.0 Å². The van der Waals surface area contributed by atoms with E-state index in [-0.39, 0.29) is 49.7 Å². The zero-order valence-corrected chi connectivity index (χ0v) is 24.2. The maximum absolute atomic E-state index is 13.6. The van der Waals surface area contributed by atoms with Crippen LogP contribution in [0.1, 0.15) is 55.9 Å². The van der Waals surface area contributed by atoms with E-state index in [9.17, 15) is 41.0 Å². The van der Waals surface area contributed by atoms with Crippen molar-refractivity contribution >= 4 is 11.9 Å². The molecule has 1 unspecified atom stereocenters. The summed E-state index contributed by atoms with van der Waals surface area (Å²) in [6.45, 7) is 4.72. The molecule has 0 bridgehead atoms. The molecule has 1 fully saturated rings. The number of carbonyl (C=O) groups excluding carboxylic acids is 2. The Kier molecular flexibility index (Phi) is 9.15. The molecule has 240 valence electrons. The van der Waals surface area contributed by atoms with Crippen LogP contribution in [0.3, 0.4) is 0 Å². The first kappa shape index (κ1) is 33.0. The smallest absolute Gasteiger partial charge is 0.430 e. The highest BCUT2D eigenvalue weighted by atomic mass is 19.4. The standard InChI is InChI=1S/C30H32F6N2O6/c1-4-8-18-14-21(28(41,29(31,32)33)30(34,35)36)15-19(9-5-2)24(18)42-13-7-6-12-38-25(39)27(3,37-26(38)40)20-10-11-22-23(16-20)44-17-43-22/h6-7,10-11,14-16,41H,4-5,8-9,12-13,17H2,1-3H3,(H,37,40). The molecule has 3 amide bonds. The van der Waals surface area contributed by atoms with Gasteiger partial charge in [-0.25, -0.2) is 4.79 Å². The zero-order chi connectivity index (χ0) is 32.5. The lowest BCUT2D eigenvalue weighted by Gasteiger charge is -2.33. The number of nitrogens with zero attached hydrogens (tertiary/aromatic N) is 1. The van der Waals surface area contributed by atoms with Crippen LogP contribution in [-0.4, -0.2) is 54.2 Å². The van der Waals surface area contributed by atoms with Crippen LogP contribution < -0.4 is 19.5 Å². The van der Waals surface area contributed by atoms with E-state index in [1.807, 2.05) is 0 Å². The normalized spacial score (nSPS) is 18.8. The Bertz CT molecular complexity index is 1400. The number of fused-ring (bicyclic) bond motifs is 1. The molecule has 0 radical (unpaired) electrons. The topological polar surface area (TPSA) is 97.3 Å². The highest BCUT2D eigenvalue weighted by molar-refractivity contribution is 6.07. The minimum absolute atomic E-state index is 0.0438. The van der Waals surface area contributed by atoms with Crippen molar-refractivity contribution in [2.75, 3.05) is 19.9 Å². The van der Waals surface area contributed by atoms with Gasteiger partial charge in [0, 0.05) is 12.1 Å². The van der Waals surface area contributed by atoms with Gasteiger partial charge in [0.05, 0.1) is 0 Å². The van der Waals surface area contributed by atoms with E-state index >= 15 is 0 Å². The van der Waals surface area contributed by atoms with Crippen molar-refractivity contribution in [1.29, 1.82) is 0 Å². The Morgan fingerprint density at radius 1 is 0.955 bits per heavy atom. The largest absolute Gasteiger partial charge is 0.489 e. The van der Waals surface area contributed by atoms with Gasteiger partial charge >= 0.3 is 18.4 Å². The third-order valence-corrected chi connectivity index (χ3v) is 7.52. The summed E-state index contributed by atoms with van der Waals surface area (Å²) in [5.41, 5.74) is -7.07. The van der Waals surface area contributed by atoms with E-state index in [2.05, 4.69) is 5.32 Å². The highest BCUT2D eigenvalue weighted by Gasteiger charge is 2.71. The van der Waals surface area contributed by atoms with Crippen LogP contribution in [0.4, 0.5) is 31.1 Å². The molecule has 8 nitrogen and oxygen atoms in total.